The van der Waals surface area contributed by atoms with Gasteiger partial charge < -0.3 is 5.11 Å². The lowest BCUT2D eigenvalue weighted by atomic mass is 10.3. The number of rotatable bonds is 4. The Balaban J connectivity index is 2.68. The van der Waals surface area contributed by atoms with Crippen LogP contribution in [0.2, 0.25) is 0 Å². The van der Waals surface area contributed by atoms with E-state index in [4.69, 9.17) is 5.11 Å². The molecule has 0 spiro atoms. The third kappa shape index (κ3) is 2.75. The van der Waals surface area contributed by atoms with Gasteiger partial charge in [-0.25, -0.2) is 18.3 Å². The maximum atomic E-state index is 12.4. The van der Waals surface area contributed by atoms with Gasteiger partial charge in [0, 0.05) is 13.0 Å². The molecule has 0 aliphatic carbocycles. The summed E-state index contributed by atoms with van der Waals surface area (Å²) in [7, 11) is 0. The van der Waals surface area contributed by atoms with E-state index in [1.54, 1.807) is 0 Å². The molecule has 0 fully saturated rings. The van der Waals surface area contributed by atoms with E-state index in [9.17, 15) is 13.6 Å². The second kappa shape index (κ2) is 3.69. The Kier molecular flexibility index (Phi) is 2.78. The monoisotopic (exact) mass is 205 g/mol. The highest BCUT2D eigenvalue weighted by molar-refractivity contribution is 5.85. The van der Waals surface area contributed by atoms with Crippen molar-refractivity contribution in [3.63, 3.8) is 0 Å². The largest absolute Gasteiger partial charge is 0.476 e. The van der Waals surface area contributed by atoms with Gasteiger partial charge in [0.15, 0.2) is 5.69 Å². The number of halogens is 2. The molecule has 0 saturated carbocycles. The van der Waals surface area contributed by atoms with Crippen LogP contribution in [-0.2, 0) is 6.54 Å². The van der Waals surface area contributed by atoms with E-state index in [0.29, 0.717) is 0 Å². The zero-order valence-corrected chi connectivity index (χ0v) is 7.44. The lowest BCUT2D eigenvalue weighted by Gasteiger charge is -2.09. The Labute approximate surface area is 78.3 Å². The van der Waals surface area contributed by atoms with E-state index < -0.39 is 18.3 Å². The van der Waals surface area contributed by atoms with Gasteiger partial charge in [0.05, 0.1) is 6.20 Å². The van der Waals surface area contributed by atoms with Crippen LogP contribution in [0.25, 0.3) is 0 Å². The quantitative estimate of drug-likeness (QED) is 0.796. The number of aromatic nitrogens is 3. The van der Waals surface area contributed by atoms with E-state index in [2.05, 4.69) is 10.3 Å². The average Bonchev–Trinajstić information content (AvgIpc) is 2.46. The van der Waals surface area contributed by atoms with Crippen molar-refractivity contribution in [1.82, 2.24) is 15.0 Å². The summed E-state index contributed by atoms with van der Waals surface area (Å²) < 4.78 is 25.8. The predicted octanol–water partition coefficient (Wildman–Crippen LogP) is 1.02. The minimum atomic E-state index is -2.83. The Morgan fingerprint density at radius 2 is 2.36 bits per heavy atom. The average molecular weight is 205 g/mol. The Morgan fingerprint density at radius 3 is 2.86 bits per heavy atom. The first-order valence-corrected chi connectivity index (χ1v) is 3.90. The SMILES string of the molecule is CC(F)(F)CCn1nncc1C(=O)O. The van der Waals surface area contributed by atoms with Gasteiger partial charge in [0.25, 0.3) is 0 Å². The molecule has 0 amide bonds. The molecule has 0 unspecified atom stereocenters. The van der Waals surface area contributed by atoms with Crippen molar-refractivity contribution in [2.24, 2.45) is 0 Å². The number of aryl methyl sites for hydroxylation is 1. The van der Waals surface area contributed by atoms with Crippen LogP contribution in [0, 0.1) is 0 Å². The molecule has 0 radical (unpaired) electrons. The Morgan fingerprint density at radius 1 is 1.71 bits per heavy atom. The van der Waals surface area contributed by atoms with Gasteiger partial charge in [0.1, 0.15) is 0 Å². The molecule has 78 valence electrons. The maximum Gasteiger partial charge on any atom is 0.355 e. The van der Waals surface area contributed by atoms with Crippen molar-refractivity contribution in [3.8, 4) is 0 Å². The number of hydrogen-bond donors (Lipinski definition) is 1. The second-order valence-electron chi connectivity index (χ2n) is 2.97. The van der Waals surface area contributed by atoms with Gasteiger partial charge in [-0.2, -0.15) is 0 Å². The number of carbonyl (C=O) groups is 1. The van der Waals surface area contributed by atoms with Gasteiger partial charge >= 0.3 is 5.97 Å². The maximum absolute atomic E-state index is 12.4. The minimum Gasteiger partial charge on any atom is -0.476 e. The third-order valence-electron chi connectivity index (χ3n) is 1.60. The molecule has 1 N–H and O–H groups in total. The first-order chi connectivity index (χ1) is 6.40. The summed E-state index contributed by atoms with van der Waals surface area (Å²) in [4.78, 5) is 10.5. The Hall–Kier alpha value is -1.53. The number of aromatic carboxylic acids is 1. The van der Waals surface area contributed by atoms with E-state index in [-0.39, 0.29) is 12.2 Å². The normalized spacial score (nSPS) is 11.6. The smallest absolute Gasteiger partial charge is 0.355 e. The van der Waals surface area contributed by atoms with Crippen LogP contribution < -0.4 is 0 Å². The molecule has 1 aromatic heterocycles. The van der Waals surface area contributed by atoms with Crippen molar-refractivity contribution in [3.05, 3.63) is 11.9 Å². The van der Waals surface area contributed by atoms with Gasteiger partial charge in [0.2, 0.25) is 5.92 Å². The van der Waals surface area contributed by atoms with E-state index >= 15 is 0 Å². The zero-order chi connectivity index (χ0) is 10.8. The summed E-state index contributed by atoms with van der Waals surface area (Å²) in [5, 5.41) is 15.3. The fourth-order valence-corrected chi connectivity index (χ4v) is 0.891. The van der Waals surface area contributed by atoms with Crippen molar-refractivity contribution in [2.75, 3.05) is 0 Å². The lowest BCUT2D eigenvalue weighted by Crippen LogP contribution is -2.17. The van der Waals surface area contributed by atoms with Crippen molar-refractivity contribution in [1.29, 1.82) is 0 Å². The number of alkyl halides is 2. The van der Waals surface area contributed by atoms with Gasteiger partial charge in [-0.05, 0) is 6.92 Å². The van der Waals surface area contributed by atoms with E-state index in [0.717, 1.165) is 17.8 Å². The molecular formula is C7H9F2N3O2. The zero-order valence-electron chi connectivity index (χ0n) is 7.44. The Bertz CT molecular complexity index is 332. The molecule has 7 heteroatoms. The molecule has 0 saturated heterocycles. The summed E-state index contributed by atoms with van der Waals surface area (Å²) in [5.74, 6) is -4.06. The molecule has 5 nitrogen and oxygen atoms in total. The fourth-order valence-electron chi connectivity index (χ4n) is 0.891. The van der Waals surface area contributed by atoms with Gasteiger partial charge in [-0.1, -0.05) is 5.21 Å². The number of carboxylic acid groups (broad SMARTS) is 1. The molecule has 0 aromatic carbocycles. The first kappa shape index (κ1) is 10.6. The number of nitrogens with zero attached hydrogens (tertiary/aromatic N) is 3. The number of hydrogen-bond acceptors (Lipinski definition) is 3. The lowest BCUT2D eigenvalue weighted by molar-refractivity contribution is 0.00717. The van der Waals surface area contributed by atoms with Crippen LogP contribution in [0.1, 0.15) is 23.8 Å². The highest BCUT2D eigenvalue weighted by Crippen LogP contribution is 2.17. The van der Waals surface area contributed by atoms with Crippen molar-refractivity contribution >= 4 is 5.97 Å². The molecule has 0 aliphatic rings. The second-order valence-corrected chi connectivity index (χ2v) is 2.97. The molecular weight excluding hydrogens is 196 g/mol. The highest BCUT2D eigenvalue weighted by atomic mass is 19.3. The van der Waals surface area contributed by atoms with Crippen molar-refractivity contribution in [2.45, 2.75) is 25.8 Å². The fraction of sp³-hybridized carbons (Fsp3) is 0.571. The summed E-state index contributed by atoms with van der Waals surface area (Å²) in [6.45, 7) is 0.607. The summed E-state index contributed by atoms with van der Waals surface area (Å²) in [6.07, 6.45) is 0.562. The summed E-state index contributed by atoms with van der Waals surface area (Å²) >= 11 is 0. The van der Waals surface area contributed by atoms with Crippen LogP contribution in [0.4, 0.5) is 8.78 Å². The van der Waals surface area contributed by atoms with Gasteiger partial charge in [-0.3, -0.25) is 0 Å². The summed E-state index contributed by atoms with van der Waals surface area (Å²) in [5.41, 5.74) is -0.186. The van der Waals surface area contributed by atoms with Crippen molar-refractivity contribution < 1.29 is 18.7 Å². The highest BCUT2D eigenvalue weighted by Gasteiger charge is 2.22. The summed E-state index contributed by atoms with van der Waals surface area (Å²) in [6, 6.07) is 0. The van der Waals surface area contributed by atoms with Crippen LogP contribution >= 0.6 is 0 Å². The molecule has 14 heavy (non-hydrogen) atoms. The van der Waals surface area contributed by atoms with Crippen LogP contribution in [0.5, 0.6) is 0 Å². The molecule has 1 rings (SSSR count). The van der Waals surface area contributed by atoms with Crippen LogP contribution in [0.3, 0.4) is 0 Å². The van der Waals surface area contributed by atoms with Gasteiger partial charge in [-0.15, -0.1) is 5.10 Å². The van der Waals surface area contributed by atoms with E-state index in [1.165, 1.54) is 0 Å². The first-order valence-electron chi connectivity index (χ1n) is 3.90. The molecule has 0 atom stereocenters. The predicted molar refractivity (Wildman–Crippen MR) is 42.2 cm³/mol. The topological polar surface area (TPSA) is 68.0 Å². The third-order valence-corrected chi connectivity index (χ3v) is 1.60. The number of carboxylic acids is 1. The minimum absolute atomic E-state index is 0.162. The van der Waals surface area contributed by atoms with E-state index in [1.807, 2.05) is 0 Å². The van der Waals surface area contributed by atoms with Crippen LogP contribution in [0.15, 0.2) is 6.20 Å². The van der Waals surface area contributed by atoms with Crippen LogP contribution in [-0.4, -0.2) is 32.0 Å². The molecule has 0 aliphatic heterocycles. The standard InChI is InChI=1S/C7H9F2N3O2/c1-7(8,9)2-3-12-5(6(13)14)4-10-11-12/h4H,2-3H2,1H3,(H,13,14). The molecule has 0 bridgehead atoms. The molecule has 1 aromatic rings. The molecule has 1 heterocycles.